The molecule has 0 amide bonds. The summed E-state index contributed by atoms with van der Waals surface area (Å²) in [6.07, 6.45) is 10.6. The number of aromatic nitrogens is 2. The van der Waals surface area contributed by atoms with Crippen LogP contribution in [0.1, 0.15) is 32.6 Å². The summed E-state index contributed by atoms with van der Waals surface area (Å²) in [5, 5.41) is 3.56. The van der Waals surface area contributed by atoms with Crippen molar-refractivity contribution >= 4 is 5.82 Å². The Kier molecular flexibility index (Phi) is 1.45. The largest absolute Gasteiger partial charge is 0.363 e. The first-order valence-corrected chi connectivity index (χ1v) is 5.28. The Labute approximate surface area is 84.0 Å². The molecule has 1 N–H and O–H groups in total. The molecule has 1 heterocycles. The molecule has 0 atom stereocenters. The van der Waals surface area contributed by atoms with Crippen molar-refractivity contribution < 1.29 is 0 Å². The van der Waals surface area contributed by atoms with Crippen LogP contribution in [0.4, 0.5) is 5.82 Å². The maximum Gasteiger partial charge on any atom is 0.144 e. The molecule has 0 bridgehead atoms. The van der Waals surface area contributed by atoms with Crippen LogP contribution < -0.4 is 5.32 Å². The van der Waals surface area contributed by atoms with Crippen molar-refractivity contribution in [1.29, 1.82) is 0 Å². The van der Waals surface area contributed by atoms with E-state index in [4.69, 9.17) is 0 Å². The lowest BCUT2D eigenvalue weighted by atomic mass is 9.96. The molecule has 1 aromatic heterocycles. The van der Waals surface area contributed by atoms with Gasteiger partial charge in [-0.05, 0) is 31.1 Å². The summed E-state index contributed by atoms with van der Waals surface area (Å²) in [5.41, 5.74) is 0.882. The third-order valence-corrected chi connectivity index (χ3v) is 3.84. The summed E-state index contributed by atoms with van der Waals surface area (Å²) >= 11 is 0. The number of nitrogens with one attached hydrogen (secondary N) is 1. The average molecular weight is 189 g/mol. The van der Waals surface area contributed by atoms with Crippen molar-refractivity contribution in [3.63, 3.8) is 0 Å². The van der Waals surface area contributed by atoms with Gasteiger partial charge < -0.3 is 5.32 Å². The van der Waals surface area contributed by atoms with Gasteiger partial charge in [0.1, 0.15) is 5.82 Å². The van der Waals surface area contributed by atoms with E-state index in [1.54, 1.807) is 12.4 Å². The minimum Gasteiger partial charge on any atom is -0.363 e. The van der Waals surface area contributed by atoms with E-state index in [2.05, 4.69) is 22.2 Å². The molecule has 2 aliphatic carbocycles. The molecular weight excluding hydrogens is 174 g/mol. The zero-order valence-corrected chi connectivity index (χ0v) is 8.45. The third kappa shape index (κ3) is 1.11. The minimum atomic E-state index is 0.350. The van der Waals surface area contributed by atoms with Crippen molar-refractivity contribution in [3.05, 3.63) is 18.6 Å². The lowest BCUT2D eigenvalue weighted by Gasteiger charge is -2.24. The van der Waals surface area contributed by atoms with Crippen LogP contribution in [0.5, 0.6) is 0 Å². The molecule has 0 aromatic carbocycles. The molecule has 0 radical (unpaired) electrons. The van der Waals surface area contributed by atoms with Gasteiger partial charge in [-0.2, -0.15) is 0 Å². The lowest BCUT2D eigenvalue weighted by Crippen LogP contribution is -2.31. The highest BCUT2D eigenvalue weighted by atomic mass is 15.1. The lowest BCUT2D eigenvalue weighted by molar-refractivity contribution is 0.446. The molecule has 3 nitrogen and oxygen atoms in total. The van der Waals surface area contributed by atoms with E-state index in [0.29, 0.717) is 11.0 Å². The first kappa shape index (κ1) is 8.21. The Morgan fingerprint density at radius 1 is 1.21 bits per heavy atom. The van der Waals surface area contributed by atoms with Crippen molar-refractivity contribution in [1.82, 2.24) is 9.97 Å². The van der Waals surface area contributed by atoms with Gasteiger partial charge in [0.15, 0.2) is 0 Å². The number of hydrogen-bond donors (Lipinski definition) is 1. The van der Waals surface area contributed by atoms with Gasteiger partial charge in [-0.25, -0.2) is 4.98 Å². The highest BCUT2D eigenvalue weighted by Gasteiger charge is 2.62. The van der Waals surface area contributed by atoms with Gasteiger partial charge in [0.25, 0.3) is 0 Å². The maximum absolute atomic E-state index is 4.27. The molecule has 2 aliphatic rings. The Hall–Kier alpha value is -1.12. The molecule has 74 valence electrons. The fourth-order valence-corrected chi connectivity index (χ4v) is 2.28. The van der Waals surface area contributed by atoms with Gasteiger partial charge in [-0.15, -0.1) is 0 Å². The van der Waals surface area contributed by atoms with Gasteiger partial charge in [-0.3, -0.25) is 4.98 Å². The summed E-state index contributed by atoms with van der Waals surface area (Å²) in [7, 11) is 0. The predicted molar refractivity (Wildman–Crippen MR) is 55.0 cm³/mol. The summed E-state index contributed by atoms with van der Waals surface area (Å²) in [6, 6.07) is 0. The normalized spacial score (nSPS) is 25.5. The van der Waals surface area contributed by atoms with E-state index in [1.807, 2.05) is 6.20 Å². The molecule has 0 saturated heterocycles. The van der Waals surface area contributed by atoms with E-state index < -0.39 is 0 Å². The van der Waals surface area contributed by atoms with E-state index in [9.17, 15) is 0 Å². The zero-order valence-electron chi connectivity index (χ0n) is 8.45. The molecule has 0 spiro atoms. The van der Waals surface area contributed by atoms with Gasteiger partial charge in [0.2, 0.25) is 0 Å². The zero-order chi connectivity index (χ0) is 9.65. The van der Waals surface area contributed by atoms with Gasteiger partial charge in [0.05, 0.1) is 6.20 Å². The molecular formula is C11H15N3. The van der Waals surface area contributed by atoms with E-state index in [-0.39, 0.29) is 0 Å². The number of anilines is 1. The second-order valence-corrected chi connectivity index (χ2v) is 4.86. The monoisotopic (exact) mass is 189 g/mol. The summed E-state index contributed by atoms with van der Waals surface area (Å²) in [4.78, 5) is 8.35. The molecule has 14 heavy (non-hydrogen) atoms. The highest BCUT2D eigenvalue weighted by Crippen LogP contribution is 2.64. The van der Waals surface area contributed by atoms with E-state index >= 15 is 0 Å². The SMILES string of the molecule is CC1(C2(Nc3cnccn3)CC2)CC1. The number of nitrogens with zero attached hydrogens (tertiary/aromatic N) is 2. The number of hydrogen-bond acceptors (Lipinski definition) is 3. The first-order valence-electron chi connectivity index (χ1n) is 5.28. The van der Waals surface area contributed by atoms with Crippen LogP contribution in [-0.2, 0) is 0 Å². The Balaban J connectivity index is 1.79. The van der Waals surface area contributed by atoms with E-state index in [1.165, 1.54) is 25.7 Å². The van der Waals surface area contributed by atoms with Gasteiger partial charge in [-0.1, -0.05) is 6.92 Å². The van der Waals surface area contributed by atoms with Crippen molar-refractivity contribution in [2.75, 3.05) is 5.32 Å². The number of rotatable bonds is 3. The fraction of sp³-hybridized carbons (Fsp3) is 0.636. The van der Waals surface area contributed by atoms with Crippen LogP contribution in [0.3, 0.4) is 0 Å². The molecule has 0 unspecified atom stereocenters. The van der Waals surface area contributed by atoms with Crippen LogP contribution in [0.15, 0.2) is 18.6 Å². The first-order chi connectivity index (χ1) is 6.74. The second-order valence-electron chi connectivity index (χ2n) is 4.86. The standard InChI is InChI=1S/C11H15N3/c1-10(2-3-10)11(4-5-11)14-9-8-12-6-7-13-9/h6-8H,2-5H2,1H3,(H,13,14). The average Bonchev–Trinajstić information content (AvgIpc) is 3.07. The van der Waals surface area contributed by atoms with Gasteiger partial charge in [0, 0.05) is 17.9 Å². The third-order valence-electron chi connectivity index (χ3n) is 3.84. The summed E-state index contributed by atoms with van der Waals surface area (Å²) in [5.74, 6) is 0.929. The van der Waals surface area contributed by atoms with Crippen molar-refractivity contribution in [2.24, 2.45) is 5.41 Å². The Morgan fingerprint density at radius 2 is 2.00 bits per heavy atom. The molecule has 2 fully saturated rings. The molecule has 3 rings (SSSR count). The van der Waals surface area contributed by atoms with Crippen LogP contribution in [0.25, 0.3) is 0 Å². The van der Waals surface area contributed by atoms with Crippen LogP contribution >= 0.6 is 0 Å². The minimum absolute atomic E-state index is 0.350. The molecule has 3 heteroatoms. The molecule has 0 aliphatic heterocycles. The summed E-state index contributed by atoms with van der Waals surface area (Å²) in [6.45, 7) is 2.38. The maximum atomic E-state index is 4.27. The quantitative estimate of drug-likeness (QED) is 0.792. The van der Waals surface area contributed by atoms with Gasteiger partial charge >= 0.3 is 0 Å². The van der Waals surface area contributed by atoms with Crippen LogP contribution in [-0.4, -0.2) is 15.5 Å². The van der Waals surface area contributed by atoms with Crippen molar-refractivity contribution in [2.45, 2.75) is 38.1 Å². The summed E-state index contributed by atoms with van der Waals surface area (Å²) < 4.78 is 0. The molecule has 2 saturated carbocycles. The second kappa shape index (κ2) is 2.47. The van der Waals surface area contributed by atoms with E-state index in [0.717, 1.165) is 5.82 Å². The predicted octanol–water partition coefficient (Wildman–Crippen LogP) is 2.22. The molecule has 1 aromatic rings. The topological polar surface area (TPSA) is 37.8 Å². The Morgan fingerprint density at radius 3 is 2.50 bits per heavy atom. The smallest absolute Gasteiger partial charge is 0.144 e. The van der Waals surface area contributed by atoms with Crippen LogP contribution in [0.2, 0.25) is 0 Å². The van der Waals surface area contributed by atoms with Crippen molar-refractivity contribution in [3.8, 4) is 0 Å². The van der Waals surface area contributed by atoms with Crippen LogP contribution in [0, 0.1) is 5.41 Å². The Bertz CT molecular complexity index is 339. The fourth-order valence-electron chi connectivity index (χ4n) is 2.28. The highest BCUT2D eigenvalue weighted by molar-refractivity contribution is 5.41.